The number of anilines is 1. The minimum atomic E-state index is -0.543. The van der Waals surface area contributed by atoms with Gasteiger partial charge in [-0.05, 0) is 24.6 Å². The quantitative estimate of drug-likeness (QED) is 0.519. The number of hydrogen-bond donors (Lipinski definition) is 1. The topological polar surface area (TPSA) is 72.2 Å². The van der Waals surface area contributed by atoms with Crippen molar-refractivity contribution in [3.8, 4) is 0 Å². The van der Waals surface area contributed by atoms with Gasteiger partial charge in [0.2, 0.25) is 0 Å². The maximum atomic E-state index is 12.1. The number of nitrogens with zero attached hydrogens (tertiary/aromatic N) is 1. The first-order valence-electron chi connectivity index (χ1n) is 6.46. The minimum Gasteiger partial charge on any atom is -0.321 e. The highest BCUT2D eigenvalue weighted by atomic mass is 35.5. The number of non-ortho nitro benzene ring substituents is 1. The smallest absolute Gasteiger partial charge is 0.271 e. The molecule has 0 saturated carbocycles. The Morgan fingerprint density at radius 1 is 1.23 bits per heavy atom. The first kappa shape index (κ1) is 15.7. The molecule has 0 saturated heterocycles. The van der Waals surface area contributed by atoms with Gasteiger partial charge < -0.3 is 5.32 Å². The molecule has 0 unspecified atom stereocenters. The second-order valence-electron chi connectivity index (χ2n) is 4.61. The molecule has 0 atom stereocenters. The molecule has 112 valence electrons. The van der Waals surface area contributed by atoms with Crippen LogP contribution in [0.25, 0.3) is 6.08 Å². The molecule has 0 fully saturated rings. The van der Waals surface area contributed by atoms with E-state index >= 15 is 0 Å². The molecule has 0 radical (unpaired) electrons. The standard InChI is InChI=1S/C16H13ClN2O3/c1-11(9-12-5-3-2-4-6-12)16(20)18-15-10-13(19(21)22)7-8-14(15)17/h2-10H,1H3,(H,18,20). The Morgan fingerprint density at radius 3 is 2.55 bits per heavy atom. The van der Waals surface area contributed by atoms with Gasteiger partial charge in [0.15, 0.2) is 0 Å². The van der Waals surface area contributed by atoms with E-state index in [0.29, 0.717) is 5.57 Å². The van der Waals surface area contributed by atoms with Crippen LogP contribution in [0.2, 0.25) is 5.02 Å². The van der Waals surface area contributed by atoms with Crippen molar-refractivity contribution in [3.63, 3.8) is 0 Å². The largest absolute Gasteiger partial charge is 0.321 e. The van der Waals surface area contributed by atoms with Crippen molar-refractivity contribution >= 4 is 35.0 Å². The summed E-state index contributed by atoms with van der Waals surface area (Å²) in [5, 5.41) is 13.6. The molecular formula is C16H13ClN2O3. The molecule has 2 aromatic rings. The molecule has 5 nitrogen and oxygen atoms in total. The molecular weight excluding hydrogens is 304 g/mol. The highest BCUT2D eigenvalue weighted by Gasteiger charge is 2.13. The fourth-order valence-corrected chi connectivity index (χ4v) is 1.97. The van der Waals surface area contributed by atoms with E-state index in [4.69, 9.17) is 11.6 Å². The number of nitro benzene ring substituents is 1. The average molecular weight is 317 g/mol. The van der Waals surface area contributed by atoms with Crippen LogP contribution >= 0.6 is 11.6 Å². The molecule has 0 aromatic heterocycles. The molecule has 2 rings (SSSR count). The monoisotopic (exact) mass is 316 g/mol. The predicted molar refractivity (Wildman–Crippen MR) is 86.8 cm³/mol. The number of halogens is 1. The summed E-state index contributed by atoms with van der Waals surface area (Å²) >= 11 is 5.95. The summed E-state index contributed by atoms with van der Waals surface area (Å²) in [6.07, 6.45) is 1.72. The van der Waals surface area contributed by atoms with Crippen molar-refractivity contribution in [2.45, 2.75) is 6.92 Å². The lowest BCUT2D eigenvalue weighted by molar-refractivity contribution is -0.384. The summed E-state index contributed by atoms with van der Waals surface area (Å²) in [4.78, 5) is 22.4. The van der Waals surface area contributed by atoms with Gasteiger partial charge in [-0.3, -0.25) is 14.9 Å². The van der Waals surface area contributed by atoms with Crippen LogP contribution in [-0.2, 0) is 4.79 Å². The second kappa shape index (κ2) is 6.87. The van der Waals surface area contributed by atoms with Crippen LogP contribution in [0.4, 0.5) is 11.4 Å². The van der Waals surface area contributed by atoms with Gasteiger partial charge in [-0.15, -0.1) is 0 Å². The fraction of sp³-hybridized carbons (Fsp3) is 0.0625. The van der Waals surface area contributed by atoms with E-state index in [0.717, 1.165) is 5.56 Å². The van der Waals surface area contributed by atoms with Crippen LogP contribution in [0.3, 0.4) is 0 Å². The first-order chi connectivity index (χ1) is 10.5. The Hall–Kier alpha value is -2.66. The zero-order chi connectivity index (χ0) is 16.1. The molecule has 6 heteroatoms. The molecule has 22 heavy (non-hydrogen) atoms. The third kappa shape index (κ3) is 3.93. The maximum Gasteiger partial charge on any atom is 0.271 e. The van der Waals surface area contributed by atoms with E-state index < -0.39 is 4.92 Å². The lowest BCUT2D eigenvalue weighted by Gasteiger charge is -2.07. The number of nitrogens with one attached hydrogen (secondary N) is 1. The summed E-state index contributed by atoms with van der Waals surface area (Å²) in [5.74, 6) is -0.369. The van der Waals surface area contributed by atoms with Crippen LogP contribution in [0.5, 0.6) is 0 Å². The molecule has 0 bridgehead atoms. The van der Waals surface area contributed by atoms with Crippen LogP contribution in [0, 0.1) is 10.1 Å². The van der Waals surface area contributed by atoms with Crippen molar-refractivity contribution in [1.82, 2.24) is 0 Å². The normalized spacial score (nSPS) is 11.1. The second-order valence-corrected chi connectivity index (χ2v) is 5.02. The number of rotatable bonds is 4. The van der Waals surface area contributed by atoms with Gasteiger partial charge >= 0.3 is 0 Å². The lowest BCUT2D eigenvalue weighted by atomic mass is 10.1. The van der Waals surface area contributed by atoms with E-state index in [1.807, 2.05) is 30.3 Å². The Kier molecular flexibility index (Phi) is 4.91. The summed E-state index contributed by atoms with van der Waals surface area (Å²) in [7, 11) is 0. The van der Waals surface area contributed by atoms with Gasteiger partial charge in [0, 0.05) is 17.7 Å². The van der Waals surface area contributed by atoms with Crippen LogP contribution in [0.15, 0.2) is 54.1 Å². The van der Waals surface area contributed by atoms with Crippen LogP contribution in [-0.4, -0.2) is 10.8 Å². The zero-order valence-electron chi connectivity index (χ0n) is 11.7. The van der Waals surface area contributed by atoms with Gasteiger partial charge in [-0.1, -0.05) is 41.9 Å². The van der Waals surface area contributed by atoms with E-state index in [1.165, 1.54) is 18.2 Å². The molecule has 1 N–H and O–H groups in total. The summed E-state index contributed by atoms with van der Waals surface area (Å²) in [6.45, 7) is 1.66. The lowest BCUT2D eigenvalue weighted by Crippen LogP contribution is -2.13. The van der Waals surface area contributed by atoms with E-state index in [-0.39, 0.29) is 22.3 Å². The Bertz CT molecular complexity index is 742. The minimum absolute atomic E-state index is 0.135. The van der Waals surface area contributed by atoms with Gasteiger partial charge in [0.05, 0.1) is 15.6 Å². The van der Waals surface area contributed by atoms with E-state index in [2.05, 4.69) is 5.32 Å². The van der Waals surface area contributed by atoms with Crippen molar-refractivity contribution in [3.05, 3.63) is 74.8 Å². The third-order valence-electron chi connectivity index (χ3n) is 2.95. The zero-order valence-corrected chi connectivity index (χ0v) is 12.5. The Labute approximate surface area is 132 Å². The third-order valence-corrected chi connectivity index (χ3v) is 3.28. The van der Waals surface area contributed by atoms with Crippen molar-refractivity contribution in [1.29, 1.82) is 0 Å². The van der Waals surface area contributed by atoms with E-state index in [9.17, 15) is 14.9 Å². The highest BCUT2D eigenvalue weighted by molar-refractivity contribution is 6.34. The van der Waals surface area contributed by atoms with Crippen molar-refractivity contribution in [2.24, 2.45) is 0 Å². The van der Waals surface area contributed by atoms with Gasteiger partial charge in [0.1, 0.15) is 0 Å². The van der Waals surface area contributed by atoms with Crippen molar-refractivity contribution < 1.29 is 9.72 Å². The summed E-state index contributed by atoms with van der Waals surface area (Å²) < 4.78 is 0. The molecule has 0 aliphatic carbocycles. The molecule has 0 aliphatic heterocycles. The predicted octanol–water partition coefficient (Wildman–Crippen LogP) is 4.29. The highest BCUT2D eigenvalue weighted by Crippen LogP contribution is 2.27. The molecule has 0 heterocycles. The van der Waals surface area contributed by atoms with Gasteiger partial charge in [0.25, 0.3) is 11.6 Å². The van der Waals surface area contributed by atoms with Gasteiger partial charge in [-0.2, -0.15) is 0 Å². The van der Waals surface area contributed by atoms with Crippen LogP contribution < -0.4 is 5.32 Å². The number of benzene rings is 2. The summed E-state index contributed by atoms with van der Waals surface area (Å²) in [5.41, 5.74) is 1.43. The Morgan fingerprint density at radius 2 is 1.91 bits per heavy atom. The molecule has 1 amide bonds. The number of carbonyl (C=O) groups excluding carboxylic acids is 1. The maximum absolute atomic E-state index is 12.1. The van der Waals surface area contributed by atoms with Crippen molar-refractivity contribution in [2.75, 3.05) is 5.32 Å². The average Bonchev–Trinajstić information content (AvgIpc) is 2.50. The molecule has 2 aromatic carbocycles. The first-order valence-corrected chi connectivity index (χ1v) is 6.84. The summed E-state index contributed by atoms with van der Waals surface area (Å²) in [6, 6.07) is 13.3. The number of hydrogen-bond acceptors (Lipinski definition) is 3. The van der Waals surface area contributed by atoms with Crippen LogP contribution in [0.1, 0.15) is 12.5 Å². The number of carbonyl (C=O) groups is 1. The van der Waals surface area contributed by atoms with E-state index in [1.54, 1.807) is 13.0 Å². The molecule has 0 spiro atoms. The number of amides is 1. The number of nitro groups is 1. The fourth-order valence-electron chi connectivity index (χ4n) is 1.81. The van der Waals surface area contributed by atoms with Gasteiger partial charge in [-0.25, -0.2) is 0 Å². The SMILES string of the molecule is CC(=Cc1ccccc1)C(=O)Nc1cc([N+](=O)[O-])ccc1Cl. The Balaban J connectivity index is 2.20. The molecule has 0 aliphatic rings.